The maximum Gasteiger partial charge on any atom is 0.257 e. The van der Waals surface area contributed by atoms with Gasteiger partial charge in [0.1, 0.15) is 6.67 Å². The lowest BCUT2D eigenvalue weighted by Gasteiger charge is -2.39. The second-order valence-electron chi connectivity index (χ2n) is 6.24. The zero-order valence-electron chi connectivity index (χ0n) is 13.9. The van der Waals surface area contributed by atoms with Gasteiger partial charge in [0.05, 0.1) is 18.3 Å². The van der Waals surface area contributed by atoms with Gasteiger partial charge in [-0.25, -0.2) is 4.39 Å². The third kappa shape index (κ3) is 3.82. The number of amides is 1. The Morgan fingerprint density at radius 2 is 2.08 bits per heavy atom. The molecule has 0 aliphatic carbocycles. The van der Waals surface area contributed by atoms with Crippen LogP contribution in [0.3, 0.4) is 0 Å². The number of halogens is 1. The molecule has 1 aromatic carbocycles. The van der Waals surface area contributed by atoms with Crippen molar-refractivity contribution < 1.29 is 9.18 Å². The van der Waals surface area contributed by atoms with Crippen LogP contribution in [0.1, 0.15) is 22.8 Å². The average molecular weight is 330 g/mol. The third-order valence-corrected chi connectivity index (χ3v) is 4.47. The Bertz CT molecular complexity index is 673. The van der Waals surface area contributed by atoms with Gasteiger partial charge in [-0.05, 0) is 12.5 Å². The number of hydrogen-bond donors (Lipinski definition) is 0. The molecular weight excluding hydrogens is 307 g/mol. The first-order valence-electron chi connectivity index (χ1n) is 8.33. The van der Waals surface area contributed by atoms with Crippen molar-refractivity contribution in [3.63, 3.8) is 0 Å². The Morgan fingerprint density at radius 1 is 1.29 bits per heavy atom. The fraction of sp³-hybridized carbons (Fsp3) is 0.444. The van der Waals surface area contributed by atoms with Crippen molar-refractivity contribution in [1.82, 2.24) is 19.6 Å². The summed E-state index contributed by atoms with van der Waals surface area (Å²) in [6.45, 7) is 5.00. The summed E-state index contributed by atoms with van der Waals surface area (Å²) >= 11 is 0. The summed E-state index contributed by atoms with van der Waals surface area (Å²) < 4.78 is 13.8. The van der Waals surface area contributed by atoms with E-state index in [0.717, 1.165) is 13.1 Å². The zero-order chi connectivity index (χ0) is 16.9. The lowest BCUT2D eigenvalue weighted by molar-refractivity contribution is 0.0495. The van der Waals surface area contributed by atoms with Crippen molar-refractivity contribution in [2.75, 3.05) is 26.3 Å². The lowest BCUT2D eigenvalue weighted by Crippen LogP contribution is -2.53. The van der Waals surface area contributed by atoms with Crippen LogP contribution in [0.5, 0.6) is 0 Å². The van der Waals surface area contributed by atoms with E-state index in [4.69, 9.17) is 0 Å². The highest BCUT2D eigenvalue weighted by atomic mass is 19.1. The number of hydrogen-bond acceptors (Lipinski definition) is 3. The van der Waals surface area contributed by atoms with Crippen molar-refractivity contribution in [1.29, 1.82) is 0 Å². The molecule has 2 heterocycles. The van der Waals surface area contributed by atoms with Crippen molar-refractivity contribution >= 4 is 5.91 Å². The molecule has 5 nitrogen and oxygen atoms in total. The largest absolute Gasteiger partial charge is 0.336 e. The molecule has 0 spiro atoms. The standard InChI is InChI=1S/C18H23FN4O/c1-15-12-22(18(24)17-11-20-23(14-17)8-7-19)10-9-21(15)13-16-5-3-2-4-6-16/h2-6,11,14-15H,7-10,12-13H2,1H3. The summed E-state index contributed by atoms with van der Waals surface area (Å²) in [5.74, 6) is -0.0219. The minimum atomic E-state index is -0.482. The van der Waals surface area contributed by atoms with Crippen LogP contribution in [-0.2, 0) is 13.1 Å². The first kappa shape index (κ1) is 16.6. The molecule has 128 valence electrons. The Labute approximate surface area is 141 Å². The topological polar surface area (TPSA) is 41.4 Å². The van der Waals surface area contributed by atoms with Crippen LogP contribution in [0.4, 0.5) is 4.39 Å². The second kappa shape index (κ2) is 7.57. The van der Waals surface area contributed by atoms with Gasteiger partial charge < -0.3 is 4.90 Å². The summed E-state index contributed by atoms with van der Waals surface area (Å²) in [7, 11) is 0. The maximum absolute atomic E-state index is 12.6. The fourth-order valence-electron chi connectivity index (χ4n) is 3.10. The number of piperazine rings is 1. The number of aromatic nitrogens is 2. The van der Waals surface area contributed by atoms with E-state index in [2.05, 4.69) is 41.2 Å². The first-order valence-corrected chi connectivity index (χ1v) is 8.33. The van der Waals surface area contributed by atoms with Crippen LogP contribution in [0.25, 0.3) is 0 Å². The van der Waals surface area contributed by atoms with Gasteiger partial charge >= 0.3 is 0 Å². The molecule has 1 fully saturated rings. The highest BCUT2D eigenvalue weighted by Crippen LogP contribution is 2.16. The number of carbonyl (C=O) groups is 1. The highest BCUT2D eigenvalue weighted by Gasteiger charge is 2.27. The molecular formula is C18H23FN4O. The normalized spacial score (nSPS) is 18.8. The van der Waals surface area contributed by atoms with E-state index in [-0.39, 0.29) is 12.5 Å². The number of nitrogens with zero attached hydrogens (tertiary/aromatic N) is 4. The van der Waals surface area contributed by atoms with Crippen molar-refractivity contribution in [2.45, 2.75) is 26.1 Å². The average Bonchev–Trinajstić information content (AvgIpc) is 3.06. The van der Waals surface area contributed by atoms with Gasteiger partial charge in [-0.2, -0.15) is 5.10 Å². The molecule has 1 saturated heterocycles. The van der Waals surface area contributed by atoms with Gasteiger partial charge in [-0.3, -0.25) is 14.4 Å². The number of aryl methyl sites for hydroxylation is 1. The molecule has 1 atom stereocenters. The van der Waals surface area contributed by atoms with E-state index in [0.29, 0.717) is 24.7 Å². The number of carbonyl (C=O) groups excluding carboxylic acids is 1. The monoisotopic (exact) mass is 330 g/mol. The zero-order valence-corrected chi connectivity index (χ0v) is 13.9. The Balaban J connectivity index is 1.59. The SMILES string of the molecule is CC1CN(C(=O)c2cnn(CCF)c2)CCN1Cc1ccccc1. The van der Waals surface area contributed by atoms with Crippen LogP contribution in [0.2, 0.25) is 0 Å². The quantitative estimate of drug-likeness (QED) is 0.844. The van der Waals surface area contributed by atoms with Crippen LogP contribution in [0, 0.1) is 0 Å². The summed E-state index contributed by atoms with van der Waals surface area (Å²) in [5, 5.41) is 4.03. The van der Waals surface area contributed by atoms with E-state index in [1.54, 1.807) is 6.20 Å². The van der Waals surface area contributed by atoms with E-state index in [9.17, 15) is 9.18 Å². The molecule has 3 rings (SSSR count). The second-order valence-corrected chi connectivity index (χ2v) is 6.24. The van der Waals surface area contributed by atoms with Crippen LogP contribution in [-0.4, -0.2) is 57.8 Å². The first-order chi connectivity index (χ1) is 11.7. The van der Waals surface area contributed by atoms with Gasteiger partial charge in [0.2, 0.25) is 0 Å². The van der Waals surface area contributed by atoms with Crippen molar-refractivity contribution in [2.24, 2.45) is 0 Å². The molecule has 0 bridgehead atoms. The Kier molecular flexibility index (Phi) is 5.25. The molecule has 1 aromatic heterocycles. The summed E-state index contributed by atoms with van der Waals surface area (Å²) in [6.07, 6.45) is 3.15. The number of rotatable bonds is 5. The van der Waals surface area contributed by atoms with E-state index >= 15 is 0 Å². The van der Waals surface area contributed by atoms with Crippen LogP contribution >= 0.6 is 0 Å². The molecule has 1 amide bonds. The Morgan fingerprint density at radius 3 is 2.79 bits per heavy atom. The molecule has 1 unspecified atom stereocenters. The van der Waals surface area contributed by atoms with Gasteiger partial charge in [0, 0.05) is 38.4 Å². The van der Waals surface area contributed by atoms with Crippen LogP contribution in [0.15, 0.2) is 42.7 Å². The minimum absolute atomic E-state index is 0.0219. The van der Waals surface area contributed by atoms with Crippen molar-refractivity contribution in [3.05, 3.63) is 53.9 Å². The van der Waals surface area contributed by atoms with E-state index in [1.807, 2.05) is 11.0 Å². The summed E-state index contributed by atoms with van der Waals surface area (Å²) in [5.41, 5.74) is 1.82. The molecule has 24 heavy (non-hydrogen) atoms. The molecule has 0 radical (unpaired) electrons. The van der Waals surface area contributed by atoms with Gasteiger partial charge in [-0.1, -0.05) is 30.3 Å². The van der Waals surface area contributed by atoms with E-state index < -0.39 is 6.67 Å². The van der Waals surface area contributed by atoms with Crippen LogP contribution < -0.4 is 0 Å². The summed E-state index contributed by atoms with van der Waals surface area (Å²) in [6, 6.07) is 10.7. The number of alkyl halides is 1. The highest BCUT2D eigenvalue weighted by molar-refractivity contribution is 5.93. The number of benzene rings is 1. The van der Waals surface area contributed by atoms with Gasteiger partial charge in [0.15, 0.2) is 0 Å². The summed E-state index contributed by atoms with van der Waals surface area (Å²) in [4.78, 5) is 16.8. The van der Waals surface area contributed by atoms with Gasteiger partial charge in [-0.15, -0.1) is 0 Å². The third-order valence-electron chi connectivity index (χ3n) is 4.47. The fourth-order valence-corrected chi connectivity index (χ4v) is 3.10. The molecule has 0 saturated carbocycles. The smallest absolute Gasteiger partial charge is 0.257 e. The molecule has 1 aliphatic rings. The van der Waals surface area contributed by atoms with E-state index in [1.165, 1.54) is 16.4 Å². The molecule has 0 N–H and O–H groups in total. The molecule has 1 aliphatic heterocycles. The Hall–Kier alpha value is -2.21. The molecule has 6 heteroatoms. The van der Waals surface area contributed by atoms with Gasteiger partial charge in [0.25, 0.3) is 5.91 Å². The predicted molar refractivity (Wildman–Crippen MR) is 90.4 cm³/mol. The molecule has 2 aromatic rings. The predicted octanol–water partition coefficient (Wildman–Crippen LogP) is 2.20. The van der Waals surface area contributed by atoms with Crippen molar-refractivity contribution in [3.8, 4) is 0 Å². The minimum Gasteiger partial charge on any atom is -0.336 e. The lowest BCUT2D eigenvalue weighted by atomic mass is 10.1. The maximum atomic E-state index is 12.6.